The molecule has 0 atom stereocenters. The number of rotatable bonds is 5. The van der Waals surface area contributed by atoms with Crippen LogP contribution in [0.3, 0.4) is 0 Å². The number of pyridine rings is 1. The van der Waals surface area contributed by atoms with E-state index >= 15 is 0 Å². The van der Waals surface area contributed by atoms with E-state index in [4.69, 9.17) is 4.74 Å². The van der Waals surface area contributed by atoms with E-state index in [1.54, 1.807) is 6.20 Å². The Balaban J connectivity index is 2.05. The second kappa shape index (κ2) is 4.94. The van der Waals surface area contributed by atoms with Crippen LogP contribution in [0, 0.1) is 0 Å². The fraction of sp³-hybridized carbons (Fsp3) is 0.545. The zero-order chi connectivity index (χ0) is 10.7. The molecule has 0 radical (unpaired) electrons. The van der Waals surface area contributed by atoms with Gasteiger partial charge in [0.2, 0.25) is 5.88 Å². The van der Waals surface area contributed by atoms with Crippen LogP contribution in [0.2, 0.25) is 0 Å². The van der Waals surface area contributed by atoms with Crippen LogP contribution >= 0.6 is 15.9 Å². The van der Waals surface area contributed by atoms with Crippen molar-refractivity contribution in [1.29, 1.82) is 0 Å². The third-order valence-corrected chi connectivity index (χ3v) is 2.77. The molecular formula is C11H15BrN2O. The van der Waals surface area contributed by atoms with Gasteiger partial charge < -0.3 is 10.1 Å². The van der Waals surface area contributed by atoms with Gasteiger partial charge >= 0.3 is 0 Å². The van der Waals surface area contributed by atoms with E-state index in [0.29, 0.717) is 12.6 Å². The Labute approximate surface area is 98.4 Å². The lowest BCUT2D eigenvalue weighted by atomic mass is 10.2. The summed E-state index contributed by atoms with van der Waals surface area (Å²) < 4.78 is 6.47. The summed E-state index contributed by atoms with van der Waals surface area (Å²) in [5, 5.41) is 3.46. The Bertz CT molecular complexity index is 339. The van der Waals surface area contributed by atoms with Crippen molar-refractivity contribution in [2.24, 2.45) is 0 Å². The molecule has 0 spiro atoms. The van der Waals surface area contributed by atoms with Gasteiger partial charge in [-0.1, -0.05) is 0 Å². The van der Waals surface area contributed by atoms with E-state index < -0.39 is 0 Å². The number of halogens is 1. The van der Waals surface area contributed by atoms with Crippen LogP contribution in [0.15, 0.2) is 16.7 Å². The summed E-state index contributed by atoms with van der Waals surface area (Å²) in [6.07, 6.45) is 4.36. The number of nitrogens with zero attached hydrogens (tertiary/aromatic N) is 1. The average molecular weight is 271 g/mol. The topological polar surface area (TPSA) is 34.1 Å². The van der Waals surface area contributed by atoms with Crippen LogP contribution in [-0.4, -0.2) is 17.6 Å². The van der Waals surface area contributed by atoms with Crippen LogP contribution in [0.1, 0.15) is 25.3 Å². The Hall–Kier alpha value is -0.610. The SMILES string of the molecule is CCOc1ncc(Br)cc1CNC1CC1. The van der Waals surface area contributed by atoms with Gasteiger partial charge in [0.25, 0.3) is 0 Å². The molecule has 0 amide bonds. The summed E-state index contributed by atoms with van der Waals surface area (Å²) in [6, 6.07) is 2.77. The molecule has 1 aliphatic carbocycles. The van der Waals surface area contributed by atoms with Crippen molar-refractivity contribution in [3.8, 4) is 5.88 Å². The highest BCUT2D eigenvalue weighted by Gasteiger charge is 2.20. The summed E-state index contributed by atoms with van der Waals surface area (Å²) in [5.74, 6) is 0.744. The molecular weight excluding hydrogens is 256 g/mol. The molecule has 0 bridgehead atoms. The van der Waals surface area contributed by atoms with Crippen LogP contribution in [0.4, 0.5) is 0 Å². The van der Waals surface area contributed by atoms with E-state index in [-0.39, 0.29) is 0 Å². The molecule has 15 heavy (non-hydrogen) atoms. The Kier molecular flexibility index (Phi) is 3.59. The van der Waals surface area contributed by atoms with Crippen molar-refractivity contribution in [3.63, 3.8) is 0 Å². The first-order valence-corrected chi connectivity index (χ1v) is 6.09. The standard InChI is InChI=1S/C11H15BrN2O/c1-2-15-11-8(5-9(12)7-14-11)6-13-10-3-4-10/h5,7,10,13H,2-4,6H2,1H3. The number of ether oxygens (including phenoxy) is 1. The lowest BCUT2D eigenvalue weighted by Crippen LogP contribution is -2.16. The number of nitrogens with one attached hydrogen (secondary N) is 1. The van der Waals surface area contributed by atoms with E-state index in [1.165, 1.54) is 12.8 Å². The van der Waals surface area contributed by atoms with Gasteiger partial charge in [0.05, 0.1) is 6.61 Å². The maximum Gasteiger partial charge on any atom is 0.217 e. The van der Waals surface area contributed by atoms with Crippen molar-refractivity contribution in [2.45, 2.75) is 32.4 Å². The summed E-state index contributed by atoms with van der Waals surface area (Å²) in [5.41, 5.74) is 1.12. The van der Waals surface area contributed by atoms with Gasteiger partial charge in [-0.15, -0.1) is 0 Å². The van der Waals surface area contributed by atoms with Crippen molar-refractivity contribution in [1.82, 2.24) is 10.3 Å². The molecule has 1 heterocycles. The minimum absolute atomic E-state index is 0.658. The average Bonchev–Trinajstić information content (AvgIpc) is 3.02. The van der Waals surface area contributed by atoms with E-state index in [2.05, 4.69) is 32.3 Å². The lowest BCUT2D eigenvalue weighted by molar-refractivity contribution is 0.321. The molecule has 1 aromatic rings. The Morgan fingerprint density at radius 2 is 2.40 bits per heavy atom. The minimum atomic E-state index is 0.658. The van der Waals surface area contributed by atoms with Crippen LogP contribution in [0.5, 0.6) is 5.88 Å². The number of hydrogen-bond donors (Lipinski definition) is 1. The molecule has 0 saturated heterocycles. The molecule has 82 valence electrons. The molecule has 0 aromatic carbocycles. The maximum absolute atomic E-state index is 5.47. The first-order chi connectivity index (χ1) is 7.29. The van der Waals surface area contributed by atoms with Crippen molar-refractivity contribution >= 4 is 15.9 Å². The molecule has 3 nitrogen and oxygen atoms in total. The summed E-state index contributed by atoms with van der Waals surface area (Å²) >= 11 is 3.42. The third kappa shape index (κ3) is 3.18. The highest BCUT2D eigenvalue weighted by molar-refractivity contribution is 9.10. The molecule has 0 aliphatic heterocycles. The smallest absolute Gasteiger partial charge is 0.217 e. The molecule has 1 aliphatic rings. The largest absolute Gasteiger partial charge is 0.478 e. The number of hydrogen-bond acceptors (Lipinski definition) is 3. The molecule has 1 saturated carbocycles. The summed E-state index contributed by atoms with van der Waals surface area (Å²) in [7, 11) is 0. The monoisotopic (exact) mass is 270 g/mol. The highest BCUT2D eigenvalue weighted by atomic mass is 79.9. The van der Waals surface area contributed by atoms with Crippen LogP contribution < -0.4 is 10.1 Å². The molecule has 4 heteroatoms. The second-order valence-electron chi connectivity index (χ2n) is 3.71. The predicted octanol–water partition coefficient (Wildman–Crippen LogP) is 2.49. The highest BCUT2D eigenvalue weighted by Crippen LogP contribution is 2.23. The Morgan fingerprint density at radius 3 is 3.07 bits per heavy atom. The van der Waals surface area contributed by atoms with Gasteiger partial charge in [0, 0.05) is 28.8 Å². The van der Waals surface area contributed by atoms with Gasteiger partial charge in [-0.25, -0.2) is 4.98 Å². The summed E-state index contributed by atoms with van der Waals surface area (Å²) in [6.45, 7) is 3.47. The Morgan fingerprint density at radius 1 is 1.60 bits per heavy atom. The van der Waals surface area contributed by atoms with Gasteiger partial charge in [-0.2, -0.15) is 0 Å². The van der Waals surface area contributed by atoms with E-state index in [0.717, 1.165) is 22.5 Å². The third-order valence-electron chi connectivity index (χ3n) is 2.33. The van der Waals surface area contributed by atoms with Crippen LogP contribution in [0.25, 0.3) is 0 Å². The van der Waals surface area contributed by atoms with Crippen molar-refractivity contribution < 1.29 is 4.74 Å². The van der Waals surface area contributed by atoms with Gasteiger partial charge in [-0.05, 0) is 41.8 Å². The van der Waals surface area contributed by atoms with Gasteiger partial charge in [0.15, 0.2) is 0 Å². The molecule has 1 aromatic heterocycles. The summed E-state index contributed by atoms with van der Waals surface area (Å²) in [4.78, 5) is 4.26. The molecule has 2 rings (SSSR count). The van der Waals surface area contributed by atoms with E-state index in [9.17, 15) is 0 Å². The number of aromatic nitrogens is 1. The van der Waals surface area contributed by atoms with Gasteiger partial charge in [0.1, 0.15) is 0 Å². The van der Waals surface area contributed by atoms with Crippen molar-refractivity contribution in [2.75, 3.05) is 6.61 Å². The zero-order valence-corrected chi connectivity index (χ0v) is 10.4. The lowest BCUT2D eigenvalue weighted by Gasteiger charge is -2.09. The normalized spacial score (nSPS) is 15.3. The minimum Gasteiger partial charge on any atom is -0.478 e. The zero-order valence-electron chi connectivity index (χ0n) is 8.79. The molecule has 0 unspecified atom stereocenters. The molecule has 1 fully saturated rings. The van der Waals surface area contributed by atoms with Crippen molar-refractivity contribution in [3.05, 3.63) is 22.3 Å². The fourth-order valence-corrected chi connectivity index (χ4v) is 1.78. The predicted molar refractivity (Wildman–Crippen MR) is 63.0 cm³/mol. The first-order valence-electron chi connectivity index (χ1n) is 5.30. The first kappa shape index (κ1) is 10.9. The second-order valence-corrected chi connectivity index (χ2v) is 4.62. The molecule has 1 N–H and O–H groups in total. The van der Waals surface area contributed by atoms with Gasteiger partial charge in [-0.3, -0.25) is 0 Å². The fourth-order valence-electron chi connectivity index (χ4n) is 1.40. The maximum atomic E-state index is 5.47. The van der Waals surface area contributed by atoms with E-state index in [1.807, 2.05) is 6.92 Å². The quantitative estimate of drug-likeness (QED) is 0.893. The van der Waals surface area contributed by atoms with Crippen LogP contribution in [-0.2, 0) is 6.54 Å².